The Bertz CT molecular complexity index is 879. The van der Waals surface area contributed by atoms with Gasteiger partial charge in [0.25, 0.3) is 0 Å². The molecule has 0 fully saturated rings. The molecule has 0 spiro atoms. The number of nitrogens with zero attached hydrogens (tertiary/aromatic N) is 4. The lowest BCUT2D eigenvalue weighted by molar-refractivity contribution is 0.627. The Morgan fingerprint density at radius 1 is 1.29 bits per heavy atom. The summed E-state index contributed by atoms with van der Waals surface area (Å²) in [7, 11) is 0. The number of imidazole rings is 1. The molecule has 0 bridgehead atoms. The summed E-state index contributed by atoms with van der Waals surface area (Å²) in [4.78, 5) is 8.87. The highest BCUT2D eigenvalue weighted by Crippen LogP contribution is 2.24. The van der Waals surface area contributed by atoms with Crippen LogP contribution in [0.2, 0.25) is 0 Å². The van der Waals surface area contributed by atoms with Crippen LogP contribution in [0, 0.1) is 24.1 Å². The van der Waals surface area contributed by atoms with Crippen molar-refractivity contribution in [2.75, 3.05) is 0 Å². The third-order valence-corrected chi connectivity index (χ3v) is 3.39. The third-order valence-electron chi connectivity index (χ3n) is 3.15. The molecule has 4 nitrogen and oxygen atoms in total. The van der Waals surface area contributed by atoms with E-state index in [1.165, 1.54) is 18.2 Å². The average Bonchev–Trinajstić information content (AvgIpc) is 2.84. The summed E-state index contributed by atoms with van der Waals surface area (Å²) >= 11 is 5.95. The van der Waals surface area contributed by atoms with E-state index in [1.807, 2.05) is 25.1 Å². The predicted molar refractivity (Wildman–Crippen MR) is 77.8 cm³/mol. The van der Waals surface area contributed by atoms with E-state index < -0.39 is 5.82 Å². The standard InChI is InChI=1S/C15H10ClFN4/c1-9-2-4-12-15(19-9)21(14(7-16)20-12)13-5-3-11(17)6-10(13)8-18/h2-6H,7H2,1H3. The summed E-state index contributed by atoms with van der Waals surface area (Å²) in [6.45, 7) is 1.87. The van der Waals surface area contributed by atoms with Crippen LogP contribution in [0.5, 0.6) is 0 Å². The van der Waals surface area contributed by atoms with E-state index >= 15 is 0 Å². The van der Waals surface area contributed by atoms with E-state index in [0.29, 0.717) is 22.7 Å². The molecule has 0 N–H and O–H groups in total. The second-order valence-electron chi connectivity index (χ2n) is 4.57. The molecule has 3 rings (SSSR count). The maximum atomic E-state index is 13.3. The SMILES string of the molecule is Cc1ccc2nc(CCl)n(-c3ccc(F)cc3C#N)c2n1. The van der Waals surface area contributed by atoms with Crippen LogP contribution >= 0.6 is 11.6 Å². The Kier molecular flexibility index (Phi) is 3.32. The molecule has 0 aliphatic heterocycles. The van der Waals surface area contributed by atoms with Crippen LogP contribution < -0.4 is 0 Å². The first-order chi connectivity index (χ1) is 10.1. The van der Waals surface area contributed by atoms with Gasteiger partial charge in [0.2, 0.25) is 0 Å². The number of aromatic nitrogens is 3. The van der Waals surface area contributed by atoms with E-state index in [0.717, 1.165) is 5.69 Å². The fraction of sp³-hybridized carbons (Fsp3) is 0.133. The quantitative estimate of drug-likeness (QED) is 0.681. The van der Waals surface area contributed by atoms with Crippen LogP contribution in [0.4, 0.5) is 4.39 Å². The summed E-state index contributed by atoms with van der Waals surface area (Å²) < 4.78 is 15.0. The van der Waals surface area contributed by atoms with Crippen LogP contribution in [0.3, 0.4) is 0 Å². The number of rotatable bonds is 2. The summed E-state index contributed by atoms with van der Waals surface area (Å²) in [6.07, 6.45) is 0. The van der Waals surface area contributed by atoms with Gasteiger partial charge in [0, 0.05) is 5.69 Å². The van der Waals surface area contributed by atoms with Crippen molar-refractivity contribution >= 4 is 22.8 Å². The number of fused-ring (bicyclic) bond motifs is 1. The lowest BCUT2D eigenvalue weighted by atomic mass is 10.2. The Morgan fingerprint density at radius 3 is 2.81 bits per heavy atom. The van der Waals surface area contributed by atoms with Crippen LogP contribution in [-0.2, 0) is 5.88 Å². The van der Waals surface area contributed by atoms with Crippen LogP contribution in [0.25, 0.3) is 16.9 Å². The van der Waals surface area contributed by atoms with Gasteiger partial charge < -0.3 is 0 Å². The Labute approximate surface area is 125 Å². The molecule has 0 atom stereocenters. The molecule has 0 amide bonds. The van der Waals surface area contributed by atoms with E-state index in [9.17, 15) is 9.65 Å². The van der Waals surface area contributed by atoms with Crippen molar-refractivity contribution in [3.8, 4) is 11.8 Å². The molecule has 104 valence electrons. The summed E-state index contributed by atoms with van der Waals surface area (Å²) in [5, 5.41) is 9.23. The molecule has 2 heterocycles. The predicted octanol–water partition coefficient (Wildman–Crippen LogP) is 3.48. The van der Waals surface area contributed by atoms with E-state index in [4.69, 9.17) is 11.6 Å². The van der Waals surface area contributed by atoms with Gasteiger partial charge in [0.1, 0.15) is 23.2 Å². The second kappa shape index (κ2) is 5.15. The smallest absolute Gasteiger partial charge is 0.165 e. The number of nitriles is 1. The molecule has 3 aromatic rings. The van der Waals surface area contributed by atoms with Gasteiger partial charge in [-0.3, -0.25) is 4.57 Å². The van der Waals surface area contributed by atoms with Gasteiger partial charge in [0.15, 0.2) is 5.65 Å². The fourth-order valence-electron chi connectivity index (χ4n) is 2.23. The van der Waals surface area contributed by atoms with Crippen molar-refractivity contribution in [3.63, 3.8) is 0 Å². The fourth-order valence-corrected chi connectivity index (χ4v) is 2.41. The maximum absolute atomic E-state index is 13.3. The van der Waals surface area contributed by atoms with Crippen LogP contribution in [0.15, 0.2) is 30.3 Å². The first-order valence-electron chi connectivity index (χ1n) is 6.25. The first-order valence-corrected chi connectivity index (χ1v) is 6.78. The number of hydrogen-bond donors (Lipinski definition) is 0. The van der Waals surface area contributed by atoms with E-state index in [1.54, 1.807) is 4.57 Å². The Balaban J connectivity index is 2.39. The van der Waals surface area contributed by atoms with Crippen molar-refractivity contribution in [3.05, 3.63) is 53.2 Å². The van der Waals surface area contributed by atoms with Gasteiger partial charge in [-0.2, -0.15) is 5.26 Å². The number of alkyl halides is 1. The van der Waals surface area contributed by atoms with Crippen molar-refractivity contribution in [2.24, 2.45) is 0 Å². The van der Waals surface area contributed by atoms with Crippen molar-refractivity contribution in [2.45, 2.75) is 12.8 Å². The highest BCUT2D eigenvalue weighted by Gasteiger charge is 2.16. The number of halogens is 2. The zero-order valence-electron chi connectivity index (χ0n) is 11.1. The Hall–Kier alpha value is -2.45. The zero-order valence-corrected chi connectivity index (χ0v) is 11.9. The van der Waals surface area contributed by atoms with Gasteiger partial charge in [-0.05, 0) is 37.3 Å². The highest BCUT2D eigenvalue weighted by atomic mass is 35.5. The topological polar surface area (TPSA) is 54.5 Å². The molecule has 1 aromatic carbocycles. The van der Waals surface area contributed by atoms with Crippen LogP contribution in [-0.4, -0.2) is 14.5 Å². The molecule has 0 aliphatic carbocycles. The van der Waals surface area contributed by atoms with Gasteiger partial charge in [-0.25, -0.2) is 14.4 Å². The molecular weight excluding hydrogens is 291 g/mol. The van der Waals surface area contributed by atoms with Gasteiger partial charge in [-0.15, -0.1) is 11.6 Å². The largest absolute Gasteiger partial charge is 0.278 e. The number of pyridine rings is 1. The minimum absolute atomic E-state index is 0.164. The lowest BCUT2D eigenvalue weighted by Crippen LogP contribution is -2.03. The molecule has 0 radical (unpaired) electrons. The summed E-state index contributed by atoms with van der Waals surface area (Å²) in [5.41, 5.74) is 2.85. The normalized spacial score (nSPS) is 10.8. The number of hydrogen-bond acceptors (Lipinski definition) is 3. The minimum Gasteiger partial charge on any atom is -0.278 e. The molecular formula is C15H10ClFN4. The minimum atomic E-state index is -0.462. The number of benzene rings is 1. The van der Waals surface area contributed by atoms with Crippen molar-refractivity contribution in [1.29, 1.82) is 5.26 Å². The summed E-state index contributed by atoms with van der Waals surface area (Å²) in [5.74, 6) is 0.265. The molecule has 21 heavy (non-hydrogen) atoms. The van der Waals surface area contributed by atoms with E-state index in [2.05, 4.69) is 9.97 Å². The second-order valence-corrected chi connectivity index (χ2v) is 4.83. The molecule has 0 aliphatic rings. The van der Waals surface area contributed by atoms with Crippen molar-refractivity contribution < 1.29 is 4.39 Å². The molecule has 0 unspecified atom stereocenters. The van der Waals surface area contributed by atoms with Gasteiger partial charge in [-0.1, -0.05) is 0 Å². The lowest BCUT2D eigenvalue weighted by Gasteiger charge is -2.09. The Morgan fingerprint density at radius 2 is 2.10 bits per heavy atom. The number of aryl methyl sites for hydroxylation is 1. The molecule has 0 saturated heterocycles. The van der Waals surface area contributed by atoms with Gasteiger partial charge in [0.05, 0.1) is 17.1 Å². The van der Waals surface area contributed by atoms with E-state index in [-0.39, 0.29) is 11.4 Å². The maximum Gasteiger partial charge on any atom is 0.165 e. The molecule has 2 aromatic heterocycles. The van der Waals surface area contributed by atoms with Gasteiger partial charge >= 0.3 is 0 Å². The average molecular weight is 301 g/mol. The zero-order chi connectivity index (χ0) is 15.0. The highest BCUT2D eigenvalue weighted by molar-refractivity contribution is 6.17. The first kappa shape index (κ1) is 13.5. The molecule has 6 heteroatoms. The third kappa shape index (κ3) is 2.24. The monoisotopic (exact) mass is 300 g/mol. The molecule has 0 saturated carbocycles. The van der Waals surface area contributed by atoms with Crippen LogP contribution in [0.1, 0.15) is 17.1 Å². The summed E-state index contributed by atoms with van der Waals surface area (Å²) in [6, 6.07) is 9.73. The van der Waals surface area contributed by atoms with Crippen molar-refractivity contribution in [1.82, 2.24) is 14.5 Å².